The van der Waals surface area contributed by atoms with E-state index in [0.29, 0.717) is 5.56 Å². The number of hydrogen-bond acceptors (Lipinski definition) is 13. The Kier molecular flexibility index (Phi) is 9.86. The number of anilines is 1. The summed E-state index contributed by atoms with van der Waals surface area (Å²) in [5.41, 5.74) is -0.528. The molecule has 1 aliphatic heterocycles. The van der Waals surface area contributed by atoms with Gasteiger partial charge in [0.1, 0.15) is 24.3 Å². The minimum Gasteiger partial charge on any atom is -0.349 e. The molecular weight excluding hydrogens is 581 g/mol. The average Bonchev–Trinajstić information content (AvgIpc) is 3.19. The summed E-state index contributed by atoms with van der Waals surface area (Å²) in [5, 5.41) is 2.46. The monoisotopic (exact) mass is 602 g/mol. The summed E-state index contributed by atoms with van der Waals surface area (Å²) in [6, 6.07) is 9.46. The van der Waals surface area contributed by atoms with E-state index in [1.165, 1.54) is 12.3 Å². The van der Waals surface area contributed by atoms with Gasteiger partial charge in [0, 0.05) is 18.2 Å². The van der Waals surface area contributed by atoms with Gasteiger partial charge in [-0.1, -0.05) is 18.2 Å². The molecule has 0 aliphatic carbocycles. The van der Waals surface area contributed by atoms with Crippen LogP contribution in [0.5, 0.6) is 0 Å². The summed E-state index contributed by atoms with van der Waals surface area (Å²) in [7, 11) is -16.8. The quantitative estimate of drug-likeness (QED) is 0.108. The van der Waals surface area contributed by atoms with E-state index in [1.54, 1.807) is 30.3 Å². The highest BCUT2D eigenvalue weighted by molar-refractivity contribution is 7.66. The van der Waals surface area contributed by atoms with Gasteiger partial charge in [0.15, 0.2) is 0 Å². The fourth-order valence-corrected chi connectivity index (χ4v) is 6.17. The van der Waals surface area contributed by atoms with Crippen LogP contribution in [0, 0.1) is 0 Å². The van der Waals surface area contributed by atoms with Crippen molar-refractivity contribution in [2.75, 3.05) is 11.9 Å². The van der Waals surface area contributed by atoms with Crippen molar-refractivity contribution in [1.82, 2.24) is 9.55 Å². The maximum absolute atomic E-state index is 12.6. The first-order chi connectivity index (χ1) is 17.7. The van der Waals surface area contributed by atoms with E-state index in [1.807, 2.05) is 0 Å². The molecule has 5 atom stereocenters. The number of carbonyl (C=O) groups excluding carboxylic acids is 1. The predicted octanol–water partition coefficient (Wildman–Crippen LogP) is 0.317. The molecule has 7 N–H and O–H groups in total. The van der Waals surface area contributed by atoms with E-state index in [9.17, 15) is 33.1 Å². The number of phosphoric ester groups is 1. The first-order valence-corrected chi connectivity index (χ1v) is 14.6. The van der Waals surface area contributed by atoms with Crippen LogP contribution in [0.15, 0.2) is 47.4 Å². The maximum Gasteiger partial charge on any atom is 0.490 e. The molecule has 0 saturated carbocycles. The molecule has 210 valence electrons. The molecular formula is C16H21N4O15P3. The molecule has 1 fully saturated rings. The SMILES string of the molecule is NOO[C@H]1C[C@H](n2ccc(NC(=O)c3ccccc3)nc2=O)O[C@@H]1COP(=O)(O)OP(=O)(O)OP(=O)(O)O. The number of nitrogens with zero attached hydrogens (tertiary/aromatic N) is 2. The first-order valence-electron chi connectivity index (χ1n) is 10.1. The number of ether oxygens (including phenoxy) is 1. The molecule has 2 heterocycles. The fraction of sp³-hybridized carbons (Fsp3) is 0.312. The smallest absolute Gasteiger partial charge is 0.349 e. The summed E-state index contributed by atoms with van der Waals surface area (Å²) in [6.45, 7) is -0.887. The minimum absolute atomic E-state index is 0.0552. The van der Waals surface area contributed by atoms with Crippen molar-refractivity contribution < 1.29 is 65.8 Å². The van der Waals surface area contributed by atoms with Gasteiger partial charge in [0.2, 0.25) is 0 Å². The topological polar surface area (TPSA) is 278 Å². The van der Waals surface area contributed by atoms with E-state index >= 15 is 0 Å². The van der Waals surface area contributed by atoms with E-state index in [2.05, 4.69) is 28.4 Å². The Morgan fingerprint density at radius 1 is 1.11 bits per heavy atom. The molecule has 19 nitrogen and oxygen atoms in total. The molecule has 0 radical (unpaired) electrons. The van der Waals surface area contributed by atoms with E-state index < -0.39 is 60.1 Å². The lowest BCUT2D eigenvalue weighted by Crippen LogP contribution is -2.30. The van der Waals surface area contributed by atoms with Gasteiger partial charge < -0.3 is 29.6 Å². The molecule has 0 spiro atoms. The van der Waals surface area contributed by atoms with Gasteiger partial charge in [0.05, 0.1) is 6.61 Å². The van der Waals surface area contributed by atoms with Crippen LogP contribution < -0.4 is 16.9 Å². The minimum atomic E-state index is -5.73. The van der Waals surface area contributed by atoms with Gasteiger partial charge in [-0.2, -0.15) is 19.5 Å². The van der Waals surface area contributed by atoms with Gasteiger partial charge in [-0.25, -0.2) is 23.4 Å². The number of rotatable bonds is 12. The summed E-state index contributed by atoms with van der Waals surface area (Å²) < 4.78 is 52.5. The Morgan fingerprint density at radius 2 is 1.79 bits per heavy atom. The van der Waals surface area contributed by atoms with Crippen molar-refractivity contribution in [2.24, 2.45) is 5.90 Å². The Bertz CT molecular complexity index is 1330. The molecule has 1 aromatic carbocycles. The number of carbonyl (C=O) groups is 1. The zero-order valence-corrected chi connectivity index (χ0v) is 21.5. The average molecular weight is 602 g/mol. The number of amides is 1. The zero-order valence-electron chi connectivity index (χ0n) is 18.8. The number of hydrogen-bond donors (Lipinski definition) is 6. The molecule has 38 heavy (non-hydrogen) atoms. The van der Waals surface area contributed by atoms with Crippen LogP contribution in [0.3, 0.4) is 0 Å². The molecule has 1 aromatic heterocycles. The second kappa shape index (κ2) is 12.3. The van der Waals surface area contributed by atoms with E-state index in [-0.39, 0.29) is 12.2 Å². The van der Waals surface area contributed by atoms with Crippen LogP contribution in [0.4, 0.5) is 5.82 Å². The third-order valence-corrected chi connectivity index (χ3v) is 8.40. The van der Waals surface area contributed by atoms with Crippen molar-refractivity contribution in [1.29, 1.82) is 0 Å². The van der Waals surface area contributed by atoms with E-state index in [4.69, 9.17) is 25.3 Å². The second-order valence-electron chi connectivity index (χ2n) is 7.31. The Morgan fingerprint density at radius 3 is 2.39 bits per heavy atom. The molecule has 0 bridgehead atoms. The highest BCUT2D eigenvalue weighted by atomic mass is 31.3. The zero-order chi connectivity index (χ0) is 28.1. The Hall–Kier alpha value is -2.18. The van der Waals surface area contributed by atoms with Gasteiger partial charge in [-0.3, -0.25) is 13.9 Å². The normalized spacial score (nSPS) is 22.9. The fourth-order valence-electron chi connectivity index (χ4n) is 3.14. The Balaban J connectivity index is 1.66. The standard InChI is InChI=1S/C16H21N4O15P3/c17-33-32-11-8-14(31-12(11)9-30-37(26,27)35-38(28,29)34-36(23,24)25)20-7-6-13(19-16(20)22)18-15(21)10-4-2-1-3-5-10/h1-7,11-12,14H,8-9,17H2,(H,26,27)(H,28,29)(H2,23,24,25)(H,18,19,21,22)/t11-,12+,14+/m0/s1. The molecule has 3 rings (SSSR count). The van der Waals surface area contributed by atoms with Gasteiger partial charge in [-0.15, -0.1) is 4.99 Å². The van der Waals surface area contributed by atoms with Crippen LogP contribution in [0.1, 0.15) is 23.0 Å². The van der Waals surface area contributed by atoms with Crippen LogP contribution in [0.2, 0.25) is 0 Å². The highest BCUT2D eigenvalue weighted by Gasteiger charge is 2.44. The summed E-state index contributed by atoms with van der Waals surface area (Å²) in [4.78, 5) is 73.5. The highest BCUT2D eigenvalue weighted by Crippen LogP contribution is 2.66. The number of phosphoric acid groups is 3. The summed E-state index contributed by atoms with van der Waals surface area (Å²) in [6.07, 6.45) is -2.42. The van der Waals surface area contributed by atoms with Crippen molar-refractivity contribution in [3.8, 4) is 0 Å². The maximum atomic E-state index is 12.6. The third kappa shape index (κ3) is 8.94. The summed E-state index contributed by atoms with van der Waals surface area (Å²) in [5.74, 6) is 4.33. The number of nitrogens with two attached hydrogens (primary N) is 1. The lowest BCUT2D eigenvalue weighted by atomic mass is 10.2. The van der Waals surface area contributed by atoms with Crippen LogP contribution >= 0.6 is 23.5 Å². The largest absolute Gasteiger partial charge is 0.490 e. The predicted molar refractivity (Wildman–Crippen MR) is 121 cm³/mol. The number of aromatic nitrogens is 2. The van der Waals surface area contributed by atoms with Crippen LogP contribution in [-0.4, -0.2) is 53.8 Å². The lowest BCUT2D eigenvalue weighted by Gasteiger charge is -2.20. The molecule has 1 amide bonds. The van der Waals surface area contributed by atoms with Crippen molar-refractivity contribution in [3.05, 3.63) is 58.6 Å². The Labute approximate surface area is 212 Å². The van der Waals surface area contributed by atoms with Crippen LogP contribution in [-0.2, 0) is 41.5 Å². The third-order valence-electron chi connectivity index (χ3n) is 4.60. The van der Waals surface area contributed by atoms with Crippen molar-refractivity contribution in [2.45, 2.75) is 24.9 Å². The lowest BCUT2D eigenvalue weighted by molar-refractivity contribution is -0.335. The molecule has 2 unspecified atom stereocenters. The molecule has 2 aromatic rings. The number of benzene rings is 1. The van der Waals surface area contributed by atoms with Crippen molar-refractivity contribution in [3.63, 3.8) is 0 Å². The molecule has 22 heteroatoms. The van der Waals surface area contributed by atoms with Crippen molar-refractivity contribution >= 4 is 35.2 Å². The van der Waals surface area contributed by atoms with E-state index in [0.717, 1.165) is 4.57 Å². The van der Waals surface area contributed by atoms with Gasteiger partial charge >= 0.3 is 29.2 Å². The van der Waals surface area contributed by atoms with Gasteiger partial charge in [-0.05, 0) is 18.2 Å². The molecule has 1 aliphatic rings. The molecule has 1 saturated heterocycles. The second-order valence-corrected chi connectivity index (χ2v) is 11.7. The number of nitrogens with one attached hydrogen (secondary N) is 1. The summed E-state index contributed by atoms with van der Waals surface area (Å²) >= 11 is 0. The van der Waals surface area contributed by atoms with Crippen LogP contribution in [0.25, 0.3) is 0 Å². The first kappa shape index (κ1) is 30.4. The van der Waals surface area contributed by atoms with Gasteiger partial charge in [0.25, 0.3) is 5.91 Å².